The molecule has 0 saturated heterocycles. The van der Waals surface area contributed by atoms with Crippen molar-refractivity contribution in [1.29, 1.82) is 0 Å². The Kier molecular flexibility index (Phi) is 4.51. The normalized spacial score (nSPS) is 13.7. The number of nitrogens with one attached hydrogen (secondary N) is 1. The number of nitrogens with zero attached hydrogens (tertiary/aromatic N) is 4. The van der Waals surface area contributed by atoms with Gasteiger partial charge in [0.1, 0.15) is 11.8 Å². The summed E-state index contributed by atoms with van der Waals surface area (Å²) in [4.78, 5) is 25.8. The molecule has 4 rings (SSSR count). The lowest BCUT2D eigenvalue weighted by Gasteiger charge is -2.10. The molecule has 3 aromatic heterocycles. The van der Waals surface area contributed by atoms with E-state index in [1.807, 2.05) is 30.7 Å². The number of fused-ring (bicyclic) bond motifs is 1. The lowest BCUT2D eigenvalue weighted by Crippen LogP contribution is -2.25. The summed E-state index contributed by atoms with van der Waals surface area (Å²) in [5, 5.41) is 3.04. The van der Waals surface area contributed by atoms with Crippen LogP contribution in [0, 0.1) is 19.8 Å². The molecule has 1 fully saturated rings. The van der Waals surface area contributed by atoms with Gasteiger partial charge in [0.25, 0.3) is 5.91 Å². The van der Waals surface area contributed by atoms with Gasteiger partial charge in [-0.3, -0.25) is 9.78 Å². The van der Waals surface area contributed by atoms with Crippen LogP contribution in [0.5, 0.6) is 5.88 Å². The third-order valence-electron chi connectivity index (χ3n) is 5.00. The first-order chi connectivity index (χ1) is 13.1. The Morgan fingerprint density at radius 1 is 1.30 bits per heavy atom. The third-order valence-corrected chi connectivity index (χ3v) is 5.00. The Morgan fingerprint density at radius 3 is 2.85 bits per heavy atom. The maximum Gasteiger partial charge on any atom is 0.255 e. The summed E-state index contributed by atoms with van der Waals surface area (Å²) in [5.41, 5.74) is 5.02. The van der Waals surface area contributed by atoms with Gasteiger partial charge in [-0.1, -0.05) is 0 Å². The summed E-state index contributed by atoms with van der Waals surface area (Å²) in [6.07, 6.45) is 7.57. The number of hydrogen-bond donors (Lipinski definition) is 1. The highest BCUT2D eigenvalue weighted by atomic mass is 16.5. The smallest absolute Gasteiger partial charge is 0.255 e. The molecule has 0 unspecified atom stereocenters. The fourth-order valence-electron chi connectivity index (χ4n) is 3.21. The number of ether oxygens (including phenoxy) is 1. The molecule has 0 aromatic carbocycles. The predicted octanol–water partition coefficient (Wildman–Crippen LogP) is 2.64. The zero-order valence-corrected chi connectivity index (χ0v) is 15.8. The number of pyridine rings is 1. The van der Waals surface area contributed by atoms with E-state index in [1.165, 1.54) is 19.2 Å². The van der Waals surface area contributed by atoms with Crippen molar-refractivity contribution in [2.24, 2.45) is 5.92 Å². The molecular formula is C20H23N5O2. The summed E-state index contributed by atoms with van der Waals surface area (Å²) in [5.74, 6) is 1.13. The van der Waals surface area contributed by atoms with Gasteiger partial charge in [0, 0.05) is 24.5 Å². The minimum Gasteiger partial charge on any atom is -0.481 e. The molecule has 1 aliphatic rings. The molecule has 1 saturated carbocycles. The summed E-state index contributed by atoms with van der Waals surface area (Å²) in [6, 6.07) is 2.05. The van der Waals surface area contributed by atoms with Gasteiger partial charge in [-0.05, 0) is 44.2 Å². The minimum atomic E-state index is -0.0704. The maximum atomic E-state index is 12.7. The molecule has 1 N–H and O–H groups in total. The second-order valence-corrected chi connectivity index (χ2v) is 7.16. The molecule has 140 valence electrons. The van der Waals surface area contributed by atoms with Gasteiger partial charge in [0.2, 0.25) is 5.88 Å². The molecule has 0 aliphatic heterocycles. The monoisotopic (exact) mass is 365 g/mol. The van der Waals surface area contributed by atoms with Gasteiger partial charge in [-0.15, -0.1) is 0 Å². The molecule has 1 amide bonds. The van der Waals surface area contributed by atoms with Crippen molar-refractivity contribution in [2.75, 3.05) is 13.7 Å². The minimum absolute atomic E-state index is 0.0704. The van der Waals surface area contributed by atoms with Gasteiger partial charge in [0.15, 0.2) is 0 Å². The lowest BCUT2D eigenvalue weighted by molar-refractivity contribution is 0.0953. The van der Waals surface area contributed by atoms with E-state index < -0.39 is 0 Å². The summed E-state index contributed by atoms with van der Waals surface area (Å²) >= 11 is 0. The first-order valence-corrected chi connectivity index (χ1v) is 9.15. The maximum absolute atomic E-state index is 12.7. The zero-order chi connectivity index (χ0) is 19.0. The van der Waals surface area contributed by atoms with Crippen molar-refractivity contribution in [2.45, 2.75) is 33.2 Å². The first-order valence-electron chi connectivity index (χ1n) is 9.15. The van der Waals surface area contributed by atoms with Gasteiger partial charge in [-0.25, -0.2) is 9.97 Å². The molecule has 0 atom stereocenters. The van der Waals surface area contributed by atoms with E-state index in [1.54, 1.807) is 13.3 Å². The van der Waals surface area contributed by atoms with Crippen molar-refractivity contribution in [3.8, 4) is 5.88 Å². The standard InChI is InChI=1S/C20H23N5O2/c1-12-6-17-18(21-7-12)15(19(26)22-8-14-4-5-14)9-25(17)10-16-13(2)20(27-3)24-11-23-16/h6-7,9,11,14H,4-5,8,10H2,1-3H3,(H,22,26). The van der Waals surface area contributed by atoms with Crippen LogP contribution in [0.4, 0.5) is 0 Å². The van der Waals surface area contributed by atoms with Crippen LogP contribution in [-0.4, -0.2) is 39.1 Å². The number of amides is 1. The molecule has 27 heavy (non-hydrogen) atoms. The molecule has 3 heterocycles. The van der Waals surface area contributed by atoms with Crippen molar-refractivity contribution < 1.29 is 9.53 Å². The Hall–Kier alpha value is -2.96. The molecule has 7 nitrogen and oxygen atoms in total. The SMILES string of the molecule is COc1ncnc(Cn2cc(C(=O)NCC3CC3)c3ncc(C)cc32)c1C. The molecule has 0 spiro atoms. The second-order valence-electron chi connectivity index (χ2n) is 7.16. The van der Waals surface area contributed by atoms with Crippen LogP contribution in [0.1, 0.15) is 40.0 Å². The van der Waals surface area contributed by atoms with Crippen LogP contribution in [-0.2, 0) is 6.54 Å². The average molecular weight is 365 g/mol. The highest BCUT2D eigenvalue weighted by Gasteiger charge is 2.23. The van der Waals surface area contributed by atoms with Gasteiger partial charge >= 0.3 is 0 Å². The van der Waals surface area contributed by atoms with Crippen molar-refractivity contribution in [3.05, 3.63) is 47.2 Å². The van der Waals surface area contributed by atoms with Crippen LogP contribution in [0.3, 0.4) is 0 Å². The third kappa shape index (κ3) is 3.49. The number of carbonyl (C=O) groups is 1. The van der Waals surface area contributed by atoms with E-state index in [0.717, 1.165) is 28.9 Å². The molecule has 1 aliphatic carbocycles. The first kappa shape index (κ1) is 17.5. The number of rotatable bonds is 6. The Labute approximate surface area is 157 Å². The van der Waals surface area contributed by atoms with Crippen LogP contribution in [0.2, 0.25) is 0 Å². The number of methoxy groups -OCH3 is 1. The van der Waals surface area contributed by atoms with E-state index >= 15 is 0 Å². The highest BCUT2D eigenvalue weighted by molar-refractivity contribution is 6.05. The Morgan fingerprint density at radius 2 is 2.11 bits per heavy atom. The van der Waals surface area contributed by atoms with Crippen molar-refractivity contribution in [3.63, 3.8) is 0 Å². The number of aromatic nitrogens is 4. The number of carbonyl (C=O) groups excluding carboxylic acids is 1. The fraction of sp³-hybridized carbons (Fsp3) is 0.400. The fourth-order valence-corrected chi connectivity index (χ4v) is 3.21. The van der Waals surface area contributed by atoms with Gasteiger partial charge in [-0.2, -0.15) is 0 Å². The van der Waals surface area contributed by atoms with E-state index in [9.17, 15) is 4.79 Å². The molecular weight excluding hydrogens is 342 g/mol. The highest BCUT2D eigenvalue weighted by Crippen LogP contribution is 2.28. The van der Waals surface area contributed by atoms with Crippen LogP contribution < -0.4 is 10.1 Å². The van der Waals surface area contributed by atoms with Gasteiger partial charge in [0.05, 0.1) is 30.4 Å². The summed E-state index contributed by atoms with van der Waals surface area (Å²) < 4.78 is 7.32. The van der Waals surface area contributed by atoms with Crippen molar-refractivity contribution in [1.82, 2.24) is 24.8 Å². The Balaban J connectivity index is 1.71. The topological polar surface area (TPSA) is 81.9 Å². The largest absolute Gasteiger partial charge is 0.481 e. The van der Waals surface area contributed by atoms with Crippen LogP contribution >= 0.6 is 0 Å². The predicted molar refractivity (Wildman–Crippen MR) is 102 cm³/mol. The average Bonchev–Trinajstić information content (AvgIpc) is 3.43. The quantitative estimate of drug-likeness (QED) is 0.726. The Bertz CT molecular complexity index is 1010. The second kappa shape index (κ2) is 6.98. The van der Waals surface area contributed by atoms with E-state index in [2.05, 4.69) is 20.3 Å². The van der Waals surface area contributed by atoms with Crippen LogP contribution in [0.15, 0.2) is 24.8 Å². The van der Waals surface area contributed by atoms with E-state index in [4.69, 9.17) is 4.74 Å². The summed E-state index contributed by atoms with van der Waals surface area (Å²) in [6.45, 7) is 5.18. The number of hydrogen-bond acceptors (Lipinski definition) is 5. The zero-order valence-electron chi connectivity index (χ0n) is 15.8. The van der Waals surface area contributed by atoms with E-state index in [-0.39, 0.29) is 5.91 Å². The van der Waals surface area contributed by atoms with Crippen LogP contribution in [0.25, 0.3) is 11.0 Å². The molecule has 3 aromatic rings. The molecule has 0 bridgehead atoms. The molecule has 0 radical (unpaired) electrons. The lowest BCUT2D eigenvalue weighted by atomic mass is 10.2. The molecule has 7 heteroatoms. The van der Waals surface area contributed by atoms with Crippen molar-refractivity contribution >= 4 is 16.9 Å². The van der Waals surface area contributed by atoms with Gasteiger partial charge < -0.3 is 14.6 Å². The number of aryl methyl sites for hydroxylation is 1. The van der Waals surface area contributed by atoms with E-state index in [0.29, 0.717) is 29.4 Å². The summed E-state index contributed by atoms with van der Waals surface area (Å²) in [7, 11) is 1.60.